The minimum atomic E-state index is 0.208. The van der Waals surface area contributed by atoms with Gasteiger partial charge in [-0.05, 0) is 65.3 Å². The van der Waals surface area contributed by atoms with Gasteiger partial charge in [-0.2, -0.15) is 0 Å². The zero-order valence-electron chi connectivity index (χ0n) is 13.6. The predicted octanol–water partition coefficient (Wildman–Crippen LogP) is 3.66. The van der Waals surface area contributed by atoms with Gasteiger partial charge in [-0.15, -0.1) is 0 Å². The molecule has 0 aliphatic carbocycles. The highest BCUT2D eigenvalue weighted by Crippen LogP contribution is 2.55. The Bertz CT molecular complexity index is 496. The average molecular weight is 272 g/mol. The molecule has 0 atom stereocenters. The summed E-state index contributed by atoms with van der Waals surface area (Å²) in [5, 5.41) is 0. The van der Waals surface area contributed by atoms with E-state index in [1.165, 1.54) is 31.6 Å². The fourth-order valence-corrected chi connectivity index (χ4v) is 4.43. The smallest absolute Gasteiger partial charge is 0.0441 e. The lowest BCUT2D eigenvalue weighted by Crippen LogP contribution is -2.57. The third-order valence-electron chi connectivity index (χ3n) is 6.17. The van der Waals surface area contributed by atoms with Gasteiger partial charge in [0.15, 0.2) is 0 Å². The summed E-state index contributed by atoms with van der Waals surface area (Å²) in [6.07, 6.45) is 2.55. The Morgan fingerprint density at radius 2 is 1.65 bits per heavy atom. The van der Waals surface area contributed by atoms with E-state index < -0.39 is 0 Å². The molecule has 0 amide bonds. The van der Waals surface area contributed by atoms with Gasteiger partial charge < -0.3 is 9.80 Å². The Hall–Kier alpha value is -1.02. The van der Waals surface area contributed by atoms with Crippen LogP contribution >= 0.6 is 0 Å². The Labute approximate surface area is 123 Å². The van der Waals surface area contributed by atoms with Crippen molar-refractivity contribution in [3.8, 4) is 0 Å². The number of fused-ring (bicyclic) bond motifs is 2. The van der Waals surface area contributed by atoms with Gasteiger partial charge in [0.2, 0.25) is 0 Å². The molecule has 20 heavy (non-hydrogen) atoms. The number of para-hydroxylation sites is 1. The molecule has 0 radical (unpaired) electrons. The van der Waals surface area contributed by atoms with E-state index in [-0.39, 0.29) is 5.54 Å². The normalized spacial score (nSPS) is 24.4. The highest BCUT2D eigenvalue weighted by Gasteiger charge is 2.55. The van der Waals surface area contributed by atoms with E-state index in [4.69, 9.17) is 0 Å². The molecule has 1 aromatic carbocycles. The van der Waals surface area contributed by atoms with E-state index in [2.05, 4.69) is 68.8 Å². The van der Waals surface area contributed by atoms with E-state index in [9.17, 15) is 0 Å². The van der Waals surface area contributed by atoms with Crippen LogP contribution in [-0.4, -0.2) is 36.6 Å². The van der Waals surface area contributed by atoms with Gasteiger partial charge in [0.05, 0.1) is 0 Å². The molecule has 2 heterocycles. The molecule has 0 N–H and O–H groups in total. The van der Waals surface area contributed by atoms with Crippen molar-refractivity contribution in [3.05, 3.63) is 29.8 Å². The second-order valence-corrected chi connectivity index (χ2v) is 7.35. The molecule has 3 rings (SSSR count). The molecular formula is C18H28N2. The molecule has 0 aromatic heterocycles. The molecule has 0 bridgehead atoms. The zero-order chi connectivity index (χ0) is 14.5. The maximum Gasteiger partial charge on any atom is 0.0441 e. The molecule has 1 aromatic rings. The highest BCUT2D eigenvalue weighted by atomic mass is 15.2. The van der Waals surface area contributed by atoms with Crippen LogP contribution in [0.2, 0.25) is 0 Å². The number of rotatable bonds is 1. The topological polar surface area (TPSA) is 6.48 Å². The number of piperidine rings is 1. The second-order valence-electron chi connectivity index (χ2n) is 7.35. The van der Waals surface area contributed by atoms with Gasteiger partial charge in [-0.1, -0.05) is 18.2 Å². The van der Waals surface area contributed by atoms with Crippen LogP contribution in [0.5, 0.6) is 0 Å². The summed E-state index contributed by atoms with van der Waals surface area (Å²) in [4.78, 5) is 5.13. The highest BCUT2D eigenvalue weighted by molar-refractivity contribution is 5.66. The Morgan fingerprint density at radius 1 is 1.05 bits per heavy atom. The summed E-state index contributed by atoms with van der Waals surface area (Å²) in [7, 11) is 2.27. The van der Waals surface area contributed by atoms with Gasteiger partial charge in [-0.25, -0.2) is 0 Å². The lowest BCUT2D eigenvalue weighted by atomic mass is 9.63. The van der Waals surface area contributed by atoms with Crippen LogP contribution in [-0.2, 0) is 5.41 Å². The molecule has 2 heteroatoms. The molecule has 2 aliphatic heterocycles. The zero-order valence-corrected chi connectivity index (χ0v) is 13.6. The van der Waals surface area contributed by atoms with Crippen molar-refractivity contribution in [2.24, 2.45) is 0 Å². The molecule has 0 saturated carbocycles. The van der Waals surface area contributed by atoms with E-state index in [1.54, 1.807) is 5.56 Å². The molecule has 1 fully saturated rings. The average Bonchev–Trinajstić information content (AvgIpc) is 2.60. The summed E-state index contributed by atoms with van der Waals surface area (Å²) in [6, 6.07) is 9.72. The van der Waals surface area contributed by atoms with Crippen LogP contribution in [0.15, 0.2) is 24.3 Å². The number of hydrogen-bond donors (Lipinski definition) is 0. The van der Waals surface area contributed by atoms with Gasteiger partial charge in [0.25, 0.3) is 0 Å². The SMILES string of the molecule is CC(C)N1CCC2(CC1)c1ccccc1N(C)C2(C)C. The first-order chi connectivity index (χ1) is 9.40. The maximum absolute atomic E-state index is 2.63. The number of nitrogens with zero attached hydrogens (tertiary/aromatic N) is 2. The fraction of sp³-hybridized carbons (Fsp3) is 0.667. The van der Waals surface area contributed by atoms with Crippen molar-refractivity contribution in [1.82, 2.24) is 4.90 Å². The number of hydrogen-bond acceptors (Lipinski definition) is 2. The first-order valence-electron chi connectivity index (χ1n) is 7.97. The maximum atomic E-state index is 2.63. The molecule has 2 nitrogen and oxygen atoms in total. The van der Waals surface area contributed by atoms with E-state index in [0.29, 0.717) is 11.5 Å². The molecule has 0 unspecified atom stereocenters. The second kappa shape index (κ2) is 4.49. The quantitative estimate of drug-likeness (QED) is 0.770. The van der Waals surface area contributed by atoms with Gasteiger partial charge in [-0.3, -0.25) is 0 Å². The van der Waals surface area contributed by atoms with Crippen molar-refractivity contribution >= 4 is 5.69 Å². The van der Waals surface area contributed by atoms with Crippen LogP contribution in [0.1, 0.15) is 46.1 Å². The third kappa shape index (κ3) is 1.67. The van der Waals surface area contributed by atoms with Crippen molar-refractivity contribution in [1.29, 1.82) is 0 Å². The molecule has 2 aliphatic rings. The lowest BCUT2D eigenvalue weighted by Gasteiger charge is -2.50. The Kier molecular flexibility index (Phi) is 3.13. The fourth-order valence-electron chi connectivity index (χ4n) is 4.43. The van der Waals surface area contributed by atoms with Crippen LogP contribution in [0.25, 0.3) is 0 Å². The molecule has 1 saturated heterocycles. The summed E-state index contributed by atoms with van der Waals surface area (Å²) in [5.74, 6) is 0. The van der Waals surface area contributed by atoms with Crippen molar-refractivity contribution in [2.75, 3.05) is 25.0 Å². The van der Waals surface area contributed by atoms with E-state index in [0.717, 1.165) is 0 Å². The van der Waals surface area contributed by atoms with Crippen LogP contribution in [0.3, 0.4) is 0 Å². The Balaban J connectivity index is 2.01. The van der Waals surface area contributed by atoms with E-state index >= 15 is 0 Å². The van der Waals surface area contributed by atoms with Crippen molar-refractivity contribution in [3.63, 3.8) is 0 Å². The lowest BCUT2D eigenvalue weighted by molar-refractivity contribution is 0.0961. The first-order valence-corrected chi connectivity index (χ1v) is 7.97. The third-order valence-corrected chi connectivity index (χ3v) is 6.17. The largest absolute Gasteiger partial charge is 0.368 e. The predicted molar refractivity (Wildman–Crippen MR) is 86.5 cm³/mol. The summed E-state index contributed by atoms with van der Waals surface area (Å²) < 4.78 is 0. The van der Waals surface area contributed by atoms with Crippen molar-refractivity contribution < 1.29 is 0 Å². The first kappa shape index (κ1) is 13.9. The summed E-state index contributed by atoms with van der Waals surface area (Å²) in [5.41, 5.74) is 3.55. The molecule has 110 valence electrons. The minimum Gasteiger partial charge on any atom is -0.368 e. The van der Waals surface area contributed by atoms with Crippen LogP contribution in [0, 0.1) is 0 Å². The number of likely N-dealkylation sites (tertiary alicyclic amines) is 1. The molecule has 1 spiro atoms. The Morgan fingerprint density at radius 3 is 2.25 bits per heavy atom. The van der Waals surface area contributed by atoms with Gasteiger partial charge in [0, 0.05) is 29.7 Å². The van der Waals surface area contributed by atoms with Crippen LogP contribution in [0.4, 0.5) is 5.69 Å². The van der Waals surface area contributed by atoms with Gasteiger partial charge >= 0.3 is 0 Å². The standard InChI is InChI=1S/C18H28N2/c1-14(2)20-12-10-18(11-13-20)15-8-6-7-9-16(15)19(5)17(18,3)4/h6-9,14H,10-13H2,1-5H3. The molecular weight excluding hydrogens is 244 g/mol. The number of likely N-dealkylation sites (N-methyl/N-ethyl adjacent to an activating group) is 1. The summed E-state index contributed by atoms with van der Waals surface area (Å²) >= 11 is 0. The summed E-state index contributed by atoms with van der Waals surface area (Å²) in [6.45, 7) is 11.9. The van der Waals surface area contributed by atoms with Gasteiger partial charge in [0.1, 0.15) is 0 Å². The minimum absolute atomic E-state index is 0.208. The van der Waals surface area contributed by atoms with E-state index in [1.807, 2.05) is 0 Å². The number of anilines is 1. The van der Waals surface area contributed by atoms with Crippen molar-refractivity contribution in [2.45, 2.75) is 57.5 Å². The monoisotopic (exact) mass is 272 g/mol. The number of benzene rings is 1. The van der Waals surface area contributed by atoms with Crippen LogP contribution < -0.4 is 4.90 Å².